The van der Waals surface area contributed by atoms with Crippen LogP contribution in [0.15, 0.2) is 29.3 Å². The highest BCUT2D eigenvalue weighted by atomic mass is 127. The first-order chi connectivity index (χ1) is 10.2. The molecule has 2 rings (SSSR count). The van der Waals surface area contributed by atoms with Gasteiger partial charge in [-0.1, -0.05) is 12.1 Å². The number of imidazole rings is 1. The molecule has 0 aliphatic rings. The summed E-state index contributed by atoms with van der Waals surface area (Å²) in [5.41, 5.74) is 2.08. The number of rotatable bonds is 6. The number of hydrogen-bond acceptors (Lipinski definition) is 3. The molecule has 0 saturated heterocycles. The van der Waals surface area contributed by atoms with Crippen molar-refractivity contribution in [2.24, 2.45) is 4.99 Å². The number of para-hydroxylation sites is 2. The Kier molecular flexibility index (Phi) is 8.18. The molecule has 0 fully saturated rings. The quantitative estimate of drug-likeness (QED) is 0.382. The Morgan fingerprint density at radius 2 is 2.18 bits per heavy atom. The third-order valence-corrected chi connectivity index (χ3v) is 3.12. The molecule has 0 bridgehead atoms. The van der Waals surface area contributed by atoms with Gasteiger partial charge in [0, 0.05) is 33.2 Å². The lowest BCUT2D eigenvalue weighted by atomic mass is 10.3. The number of aromatic nitrogens is 2. The maximum absolute atomic E-state index is 5.10. The fourth-order valence-corrected chi connectivity index (χ4v) is 2.14. The lowest BCUT2D eigenvalue weighted by Gasteiger charge is -2.16. The standard InChI is InChI=1S/C15H23N5O.HI/c1-11(10-21-3)18-15(16-2)17-9-8-14-19-12-6-4-5-7-13(12)20-14;/h4-7,11H,8-10H2,1-3H3,(H,19,20)(H2,16,17,18);1H. The summed E-state index contributed by atoms with van der Waals surface area (Å²) in [6, 6.07) is 8.26. The van der Waals surface area contributed by atoms with Crippen LogP contribution in [-0.4, -0.2) is 49.3 Å². The van der Waals surface area contributed by atoms with Gasteiger partial charge in [-0.15, -0.1) is 24.0 Å². The number of nitrogens with one attached hydrogen (secondary N) is 3. The zero-order valence-corrected chi connectivity index (χ0v) is 15.5. The van der Waals surface area contributed by atoms with Crippen molar-refractivity contribution in [2.45, 2.75) is 19.4 Å². The zero-order valence-electron chi connectivity index (χ0n) is 13.2. The largest absolute Gasteiger partial charge is 0.383 e. The topological polar surface area (TPSA) is 74.3 Å². The van der Waals surface area contributed by atoms with Crippen molar-refractivity contribution in [1.82, 2.24) is 20.6 Å². The van der Waals surface area contributed by atoms with Crippen LogP contribution in [0.1, 0.15) is 12.7 Å². The molecule has 0 amide bonds. The van der Waals surface area contributed by atoms with Crippen molar-refractivity contribution < 1.29 is 4.74 Å². The summed E-state index contributed by atoms with van der Waals surface area (Å²) in [6.45, 7) is 3.46. The van der Waals surface area contributed by atoms with Crippen LogP contribution in [0.4, 0.5) is 0 Å². The van der Waals surface area contributed by atoms with Gasteiger partial charge >= 0.3 is 0 Å². The summed E-state index contributed by atoms with van der Waals surface area (Å²) in [5.74, 6) is 1.75. The summed E-state index contributed by atoms with van der Waals surface area (Å²) in [4.78, 5) is 12.1. The minimum absolute atomic E-state index is 0. The van der Waals surface area contributed by atoms with E-state index in [1.54, 1.807) is 14.2 Å². The number of guanidine groups is 1. The second-order valence-electron chi connectivity index (χ2n) is 4.95. The van der Waals surface area contributed by atoms with E-state index in [-0.39, 0.29) is 30.0 Å². The lowest BCUT2D eigenvalue weighted by Crippen LogP contribution is -2.44. The molecular formula is C15H24IN5O. The molecule has 0 aliphatic carbocycles. The Labute approximate surface area is 148 Å². The monoisotopic (exact) mass is 417 g/mol. The van der Waals surface area contributed by atoms with E-state index in [0.717, 1.165) is 35.8 Å². The Bertz CT molecular complexity index is 565. The normalized spacial score (nSPS) is 12.8. The molecule has 1 aromatic heterocycles. The maximum atomic E-state index is 5.10. The summed E-state index contributed by atoms with van der Waals surface area (Å²) < 4.78 is 5.10. The van der Waals surface area contributed by atoms with E-state index in [0.29, 0.717) is 6.61 Å². The first-order valence-corrected chi connectivity index (χ1v) is 7.12. The second-order valence-corrected chi connectivity index (χ2v) is 4.95. The molecule has 22 heavy (non-hydrogen) atoms. The molecule has 1 heterocycles. The van der Waals surface area contributed by atoms with Gasteiger partial charge in [0.25, 0.3) is 0 Å². The average Bonchev–Trinajstić information content (AvgIpc) is 2.89. The minimum atomic E-state index is 0. The van der Waals surface area contributed by atoms with Crippen molar-refractivity contribution in [3.8, 4) is 0 Å². The Hall–Kier alpha value is -1.35. The minimum Gasteiger partial charge on any atom is -0.383 e. The molecule has 0 aliphatic heterocycles. The van der Waals surface area contributed by atoms with Gasteiger partial charge < -0.3 is 20.4 Å². The SMILES string of the molecule is CN=C(NCCc1nc2ccccc2[nH]1)NC(C)COC.I. The molecule has 1 unspecified atom stereocenters. The van der Waals surface area contributed by atoms with Gasteiger partial charge in [0.05, 0.1) is 17.6 Å². The number of nitrogens with zero attached hydrogens (tertiary/aromatic N) is 2. The van der Waals surface area contributed by atoms with E-state index in [1.807, 2.05) is 24.3 Å². The van der Waals surface area contributed by atoms with Crippen LogP contribution >= 0.6 is 24.0 Å². The number of halogens is 1. The van der Waals surface area contributed by atoms with Gasteiger partial charge in [0.15, 0.2) is 5.96 Å². The van der Waals surface area contributed by atoms with Crippen LogP contribution in [0.2, 0.25) is 0 Å². The summed E-state index contributed by atoms with van der Waals surface area (Å²) in [6.07, 6.45) is 0.814. The van der Waals surface area contributed by atoms with Crippen molar-refractivity contribution in [1.29, 1.82) is 0 Å². The average molecular weight is 417 g/mol. The predicted octanol–water partition coefficient (Wildman–Crippen LogP) is 1.92. The van der Waals surface area contributed by atoms with Crippen molar-refractivity contribution >= 4 is 41.0 Å². The van der Waals surface area contributed by atoms with E-state index in [1.165, 1.54) is 0 Å². The molecule has 6 nitrogen and oxygen atoms in total. The van der Waals surface area contributed by atoms with Crippen LogP contribution in [-0.2, 0) is 11.2 Å². The lowest BCUT2D eigenvalue weighted by molar-refractivity contribution is 0.179. The molecule has 1 atom stereocenters. The van der Waals surface area contributed by atoms with Gasteiger partial charge in [0.1, 0.15) is 5.82 Å². The molecule has 7 heteroatoms. The second kappa shape index (κ2) is 9.62. The number of methoxy groups -OCH3 is 1. The highest BCUT2D eigenvalue weighted by Crippen LogP contribution is 2.10. The first-order valence-electron chi connectivity index (χ1n) is 7.12. The van der Waals surface area contributed by atoms with Crippen LogP contribution in [0.5, 0.6) is 0 Å². The molecule has 3 N–H and O–H groups in total. The zero-order chi connectivity index (χ0) is 15.1. The summed E-state index contributed by atoms with van der Waals surface area (Å²) in [7, 11) is 3.45. The number of hydrogen-bond donors (Lipinski definition) is 3. The van der Waals surface area contributed by atoms with Gasteiger partial charge in [-0.3, -0.25) is 4.99 Å². The van der Waals surface area contributed by atoms with Crippen LogP contribution in [0.3, 0.4) is 0 Å². The Morgan fingerprint density at radius 3 is 2.86 bits per heavy atom. The highest BCUT2D eigenvalue weighted by Gasteiger charge is 2.05. The molecule has 0 saturated carbocycles. The Morgan fingerprint density at radius 1 is 1.41 bits per heavy atom. The van der Waals surface area contributed by atoms with Crippen LogP contribution < -0.4 is 10.6 Å². The van der Waals surface area contributed by atoms with E-state index >= 15 is 0 Å². The maximum Gasteiger partial charge on any atom is 0.191 e. The third kappa shape index (κ3) is 5.45. The summed E-state index contributed by atoms with van der Waals surface area (Å²) in [5, 5.41) is 6.54. The third-order valence-electron chi connectivity index (χ3n) is 3.12. The number of H-pyrrole nitrogens is 1. The fraction of sp³-hybridized carbons (Fsp3) is 0.467. The molecule has 122 valence electrons. The Balaban J connectivity index is 0.00000242. The van der Waals surface area contributed by atoms with E-state index in [4.69, 9.17) is 4.74 Å². The highest BCUT2D eigenvalue weighted by molar-refractivity contribution is 14.0. The van der Waals surface area contributed by atoms with Crippen molar-refractivity contribution in [2.75, 3.05) is 27.3 Å². The van der Waals surface area contributed by atoms with Gasteiger partial charge in [0.2, 0.25) is 0 Å². The smallest absolute Gasteiger partial charge is 0.191 e. The van der Waals surface area contributed by atoms with Crippen LogP contribution in [0, 0.1) is 0 Å². The number of fused-ring (bicyclic) bond motifs is 1. The van der Waals surface area contributed by atoms with E-state index in [2.05, 4.69) is 32.5 Å². The van der Waals surface area contributed by atoms with Gasteiger partial charge in [-0.2, -0.15) is 0 Å². The predicted molar refractivity (Wildman–Crippen MR) is 101 cm³/mol. The first kappa shape index (κ1) is 18.7. The number of ether oxygens (including phenoxy) is 1. The van der Waals surface area contributed by atoms with Crippen molar-refractivity contribution in [3.05, 3.63) is 30.1 Å². The molecule has 1 aromatic carbocycles. The number of aliphatic imine (C=N–C) groups is 1. The fourth-order valence-electron chi connectivity index (χ4n) is 2.14. The molecule has 0 radical (unpaired) electrons. The number of benzene rings is 1. The van der Waals surface area contributed by atoms with Gasteiger partial charge in [-0.05, 0) is 19.1 Å². The van der Waals surface area contributed by atoms with Gasteiger partial charge in [-0.25, -0.2) is 4.98 Å². The molecule has 0 spiro atoms. The van der Waals surface area contributed by atoms with Crippen LogP contribution in [0.25, 0.3) is 11.0 Å². The molecular weight excluding hydrogens is 393 g/mol. The number of aromatic amines is 1. The summed E-state index contributed by atoms with van der Waals surface area (Å²) >= 11 is 0. The van der Waals surface area contributed by atoms with Crippen molar-refractivity contribution in [3.63, 3.8) is 0 Å². The van der Waals surface area contributed by atoms with E-state index < -0.39 is 0 Å². The van der Waals surface area contributed by atoms with E-state index in [9.17, 15) is 0 Å². The molecule has 2 aromatic rings.